The Hall–Kier alpha value is -1.06. The Morgan fingerprint density at radius 3 is 2.59 bits per heavy atom. The Kier molecular flexibility index (Phi) is 3.15. The van der Waals surface area contributed by atoms with Gasteiger partial charge in [-0.15, -0.1) is 0 Å². The zero-order valence-corrected chi connectivity index (χ0v) is 10.9. The number of amides is 1. The summed E-state index contributed by atoms with van der Waals surface area (Å²) in [7, 11) is 0. The van der Waals surface area contributed by atoms with E-state index in [1.807, 2.05) is 20.8 Å². The molecule has 1 heterocycles. The van der Waals surface area contributed by atoms with Gasteiger partial charge in [-0.2, -0.15) is 0 Å². The SMILES string of the molecule is CC(C)(C)OC(=O)N1CC(=O)C2CCCCC21. The minimum Gasteiger partial charge on any atom is -0.444 e. The van der Waals surface area contributed by atoms with Crippen LogP contribution in [0.3, 0.4) is 0 Å². The minimum atomic E-state index is -0.493. The topological polar surface area (TPSA) is 46.6 Å². The van der Waals surface area contributed by atoms with E-state index in [2.05, 4.69) is 0 Å². The van der Waals surface area contributed by atoms with Crippen LogP contribution in [-0.4, -0.2) is 35.0 Å². The molecule has 2 unspecified atom stereocenters. The van der Waals surface area contributed by atoms with Gasteiger partial charge >= 0.3 is 6.09 Å². The zero-order chi connectivity index (χ0) is 12.6. The van der Waals surface area contributed by atoms with Gasteiger partial charge in [0.15, 0.2) is 5.78 Å². The maximum Gasteiger partial charge on any atom is 0.410 e. The second-order valence-electron chi connectivity index (χ2n) is 6.03. The highest BCUT2D eigenvalue weighted by atomic mass is 16.6. The van der Waals surface area contributed by atoms with Crippen LogP contribution in [0.15, 0.2) is 0 Å². The zero-order valence-electron chi connectivity index (χ0n) is 10.9. The fourth-order valence-corrected chi connectivity index (χ4v) is 2.78. The predicted octanol–water partition coefficient (Wildman–Crippen LogP) is 2.37. The molecule has 4 nitrogen and oxygen atoms in total. The lowest BCUT2D eigenvalue weighted by atomic mass is 9.85. The van der Waals surface area contributed by atoms with Crippen LogP contribution in [0.5, 0.6) is 0 Å². The van der Waals surface area contributed by atoms with E-state index in [1.165, 1.54) is 0 Å². The van der Waals surface area contributed by atoms with Crippen LogP contribution in [0.4, 0.5) is 4.79 Å². The van der Waals surface area contributed by atoms with Crippen LogP contribution in [0.25, 0.3) is 0 Å². The van der Waals surface area contributed by atoms with Gasteiger partial charge in [-0.1, -0.05) is 12.8 Å². The lowest BCUT2D eigenvalue weighted by molar-refractivity contribution is -0.120. The molecule has 0 spiro atoms. The maximum atomic E-state index is 12.0. The Labute approximate surface area is 102 Å². The number of nitrogens with zero attached hydrogens (tertiary/aromatic N) is 1. The van der Waals surface area contributed by atoms with Crippen molar-refractivity contribution in [3.8, 4) is 0 Å². The normalized spacial score (nSPS) is 29.1. The van der Waals surface area contributed by atoms with Crippen molar-refractivity contribution >= 4 is 11.9 Å². The van der Waals surface area contributed by atoms with Gasteiger partial charge in [0.2, 0.25) is 0 Å². The van der Waals surface area contributed by atoms with Crippen molar-refractivity contribution in [3.05, 3.63) is 0 Å². The maximum absolute atomic E-state index is 12.0. The fourth-order valence-electron chi connectivity index (χ4n) is 2.78. The van der Waals surface area contributed by atoms with Gasteiger partial charge in [-0.25, -0.2) is 4.79 Å². The third-order valence-corrected chi connectivity index (χ3v) is 3.50. The highest BCUT2D eigenvalue weighted by Crippen LogP contribution is 2.34. The summed E-state index contributed by atoms with van der Waals surface area (Å²) in [5, 5.41) is 0. The van der Waals surface area contributed by atoms with Crippen LogP contribution in [0, 0.1) is 5.92 Å². The van der Waals surface area contributed by atoms with Crippen LogP contribution >= 0.6 is 0 Å². The standard InChI is InChI=1S/C13H21NO3/c1-13(2,3)17-12(16)14-8-11(15)9-6-4-5-7-10(9)14/h9-10H,4-8H2,1-3H3. The molecule has 0 bridgehead atoms. The first kappa shape index (κ1) is 12.4. The Morgan fingerprint density at radius 1 is 1.29 bits per heavy atom. The Balaban J connectivity index is 2.06. The molecule has 4 heteroatoms. The molecule has 17 heavy (non-hydrogen) atoms. The molecule has 2 rings (SSSR count). The monoisotopic (exact) mass is 239 g/mol. The van der Waals surface area contributed by atoms with Gasteiger partial charge in [0, 0.05) is 12.0 Å². The number of hydrogen-bond donors (Lipinski definition) is 0. The van der Waals surface area contributed by atoms with Crippen LogP contribution in [0.1, 0.15) is 46.5 Å². The molecule has 0 aromatic carbocycles. The summed E-state index contributed by atoms with van der Waals surface area (Å²) in [5.74, 6) is 0.275. The molecular weight excluding hydrogens is 218 g/mol. The third kappa shape index (κ3) is 2.61. The van der Waals surface area contributed by atoms with Gasteiger partial charge in [-0.05, 0) is 33.6 Å². The van der Waals surface area contributed by atoms with Crippen molar-refractivity contribution in [1.29, 1.82) is 0 Å². The van der Waals surface area contributed by atoms with Crippen molar-refractivity contribution in [1.82, 2.24) is 4.90 Å². The smallest absolute Gasteiger partial charge is 0.410 e. The molecule has 1 saturated heterocycles. The first-order valence-electron chi connectivity index (χ1n) is 6.41. The number of carbonyl (C=O) groups excluding carboxylic acids is 2. The average Bonchev–Trinajstić information content (AvgIpc) is 2.55. The second kappa shape index (κ2) is 4.31. The molecule has 2 atom stereocenters. The van der Waals surface area contributed by atoms with Crippen LogP contribution < -0.4 is 0 Å². The largest absolute Gasteiger partial charge is 0.444 e. The number of rotatable bonds is 0. The van der Waals surface area contributed by atoms with E-state index < -0.39 is 5.60 Å². The fraction of sp³-hybridized carbons (Fsp3) is 0.846. The summed E-state index contributed by atoms with van der Waals surface area (Å²) in [6, 6.07) is 0.0890. The van der Waals surface area contributed by atoms with Crippen molar-refractivity contribution in [2.45, 2.75) is 58.1 Å². The number of likely N-dealkylation sites (tertiary alicyclic amines) is 1. The lowest BCUT2D eigenvalue weighted by Crippen LogP contribution is -2.42. The molecule has 1 amide bonds. The molecule has 0 aromatic heterocycles. The summed E-state index contributed by atoms with van der Waals surface area (Å²) in [4.78, 5) is 25.5. The van der Waals surface area contributed by atoms with E-state index in [0.29, 0.717) is 0 Å². The Bertz CT molecular complexity index is 332. The summed E-state index contributed by atoms with van der Waals surface area (Å²) in [6.45, 7) is 5.79. The van der Waals surface area contributed by atoms with Gasteiger partial charge in [0.1, 0.15) is 5.60 Å². The first-order chi connectivity index (χ1) is 7.88. The van der Waals surface area contributed by atoms with Crippen molar-refractivity contribution in [2.24, 2.45) is 5.92 Å². The number of Topliss-reactive ketones (excluding diaryl/α,β-unsaturated/α-hetero) is 1. The third-order valence-electron chi connectivity index (χ3n) is 3.50. The van der Waals surface area contributed by atoms with Crippen molar-refractivity contribution < 1.29 is 14.3 Å². The molecule has 96 valence electrons. The van der Waals surface area contributed by atoms with Crippen molar-refractivity contribution in [3.63, 3.8) is 0 Å². The summed E-state index contributed by atoms with van der Waals surface area (Å²) < 4.78 is 5.35. The molecule has 1 aliphatic carbocycles. The number of ether oxygens (including phenoxy) is 1. The molecule has 0 aromatic rings. The van der Waals surface area contributed by atoms with Crippen LogP contribution in [0.2, 0.25) is 0 Å². The second-order valence-corrected chi connectivity index (χ2v) is 6.03. The highest BCUT2D eigenvalue weighted by molar-refractivity contribution is 5.90. The number of ketones is 1. The van der Waals surface area contributed by atoms with E-state index in [-0.39, 0.29) is 30.4 Å². The number of hydrogen-bond acceptors (Lipinski definition) is 3. The molecule has 2 fully saturated rings. The quantitative estimate of drug-likeness (QED) is 0.652. The summed E-state index contributed by atoms with van der Waals surface area (Å²) in [6.07, 6.45) is 3.75. The Morgan fingerprint density at radius 2 is 1.94 bits per heavy atom. The van der Waals surface area contributed by atoms with E-state index in [0.717, 1.165) is 25.7 Å². The molecular formula is C13H21NO3. The van der Waals surface area contributed by atoms with Gasteiger partial charge in [-0.3, -0.25) is 9.69 Å². The van der Waals surface area contributed by atoms with Gasteiger partial charge in [0.05, 0.1) is 6.54 Å². The molecule has 0 radical (unpaired) electrons. The van der Waals surface area contributed by atoms with Gasteiger partial charge in [0.25, 0.3) is 0 Å². The highest BCUT2D eigenvalue weighted by Gasteiger charge is 2.45. The van der Waals surface area contributed by atoms with E-state index >= 15 is 0 Å². The first-order valence-corrected chi connectivity index (χ1v) is 6.41. The summed E-state index contributed by atoms with van der Waals surface area (Å²) >= 11 is 0. The number of fused-ring (bicyclic) bond motifs is 1. The predicted molar refractivity (Wildman–Crippen MR) is 63.7 cm³/mol. The molecule has 1 saturated carbocycles. The minimum absolute atomic E-state index is 0.0660. The average molecular weight is 239 g/mol. The van der Waals surface area contributed by atoms with E-state index in [9.17, 15) is 9.59 Å². The lowest BCUT2D eigenvalue weighted by Gasteiger charge is -2.32. The van der Waals surface area contributed by atoms with Crippen molar-refractivity contribution in [2.75, 3.05) is 6.54 Å². The van der Waals surface area contributed by atoms with E-state index in [1.54, 1.807) is 4.90 Å². The summed E-state index contributed by atoms with van der Waals surface area (Å²) in [5.41, 5.74) is -0.493. The number of carbonyl (C=O) groups is 2. The molecule has 2 aliphatic rings. The van der Waals surface area contributed by atoms with Crippen LogP contribution in [-0.2, 0) is 9.53 Å². The molecule has 1 aliphatic heterocycles. The van der Waals surface area contributed by atoms with E-state index in [4.69, 9.17) is 4.74 Å². The molecule has 0 N–H and O–H groups in total. The van der Waals surface area contributed by atoms with Gasteiger partial charge < -0.3 is 4.74 Å².